The van der Waals surface area contributed by atoms with Crippen LogP contribution in [0.3, 0.4) is 0 Å². The fraction of sp³-hybridized carbons (Fsp3) is 0.167. The molecule has 102 valence electrons. The van der Waals surface area contributed by atoms with Crippen molar-refractivity contribution in [1.29, 1.82) is 0 Å². The Hall–Kier alpha value is -1.47. The van der Waals surface area contributed by atoms with Crippen molar-refractivity contribution in [1.82, 2.24) is 0 Å². The summed E-state index contributed by atoms with van der Waals surface area (Å²) in [6.07, 6.45) is -5.93. The zero-order valence-corrected chi connectivity index (χ0v) is 10.9. The lowest BCUT2D eigenvalue weighted by atomic mass is 10.1. The van der Waals surface area contributed by atoms with E-state index in [0.29, 0.717) is 4.67 Å². The Morgan fingerprint density at radius 1 is 1.21 bits per heavy atom. The first-order valence-electron chi connectivity index (χ1n) is 5.14. The minimum absolute atomic E-state index is 0.219. The van der Waals surface area contributed by atoms with Crippen molar-refractivity contribution in [3.8, 4) is 5.75 Å². The third kappa shape index (κ3) is 3.74. The van der Waals surface area contributed by atoms with Gasteiger partial charge >= 0.3 is 6.36 Å². The number of hydrogen-bond donors (Lipinski definition) is 1. The zero-order valence-electron chi connectivity index (χ0n) is 9.32. The van der Waals surface area contributed by atoms with Crippen molar-refractivity contribution in [3.05, 3.63) is 52.4 Å². The molecular weight excluding hydrogens is 329 g/mol. The average Bonchev–Trinajstić information content (AvgIpc) is 2.73. The van der Waals surface area contributed by atoms with Gasteiger partial charge in [-0.15, -0.1) is 13.2 Å². The summed E-state index contributed by atoms with van der Waals surface area (Å²) in [6, 6.07) is 8.19. The molecule has 19 heavy (non-hydrogen) atoms. The number of aliphatic hydroxyl groups excluding tert-OH is 1. The fourth-order valence-corrected chi connectivity index (χ4v) is 1.84. The van der Waals surface area contributed by atoms with Crippen molar-refractivity contribution in [3.63, 3.8) is 0 Å². The van der Waals surface area contributed by atoms with Gasteiger partial charge in [0.2, 0.25) is 0 Å². The lowest BCUT2D eigenvalue weighted by molar-refractivity contribution is -0.274. The molecule has 0 spiro atoms. The number of benzene rings is 1. The summed E-state index contributed by atoms with van der Waals surface area (Å²) >= 11 is 3.08. The van der Waals surface area contributed by atoms with Gasteiger partial charge in [-0.2, -0.15) is 0 Å². The van der Waals surface area contributed by atoms with Crippen LogP contribution in [0.2, 0.25) is 0 Å². The molecule has 0 saturated carbocycles. The highest BCUT2D eigenvalue weighted by Crippen LogP contribution is 2.29. The standard InChI is InChI=1S/C12H8BrF3O3/c13-10-5-4-9(18-10)11(17)7-2-1-3-8(6-7)19-12(14,15)16/h1-6,11,17H. The molecule has 1 heterocycles. The Balaban J connectivity index is 2.23. The zero-order chi connectivity index (χ0) is 14.0. The highest BCUT2D eigenvalue weighted by Gasteiger charge is 2.31. The maximum Gasteiger partial charge on any atom is 0.573 e. The molecule has 1 N–H and O–H groups in total. The second-order valence-electron chi connectivity index (χ2n) is 3.66. The molecule has 1 aromatic heterocycles. The van der Waals surface area contributed by atoms with E-state index >= 15 is 0 Å². The van der Waals surface area contributed by atoms with E-state index in [1.165, 1.54) is 18.2 Å². The number of hydrogen-bond acceptors (Lipinski definition) is 3. The van der Waals surface area contributed by atoms with Gasteiger partial charge in [0.1, 0.15) is 17.6 Å². The summed E-state index contributed by atoms with van der Waals surface area (Å²) in [6.45, 7) is 0. The molecule has 0 fully saturated rings. The predicted molar refractivity (Wildman–Crippen MR) is 63.6 cm³/mol. The van der Waals surface area contributed by atoms with Gasteiger partial charge in [0.25, 0.3) is 0 Å². The van der Waals surface area contributed by atoms with E-state index in [2.05, 4.69) is 20.7 Å². The second kappa shape index (κ2) is 5.26. The van der Waals surface area contributed by atoms with Crippen LogP contribution in [-0.4, -0.2) is 11.5 Å². The van der Waals surface area contributed by atoms with Crippen LogP contribution in [0.4, 0.5) is 13.2 Å². The van der Waals surface area contributed by atoms with Crippen LogP contribution in [0, 0.1) is 0 Å². The summed E-state index contributed by atoms with van der Waals surface area (Å²) in [5.41, 5.74) is 0.239. The number of furan rings is 1. The first-order valence-corrected chi connectivity index (χ1v) is 5.93. The van der Waals surface area contributed by atoms with Crippen molar-refractivity contribution < 1.29 is 27.4 Å². The van der Waals surface area contributed by atoms with E-state index in [9.17, 15) is 18.3 Å². The molecule has 1 unspecified atom stereocenters. The second-order valence-corrected chi connectivity index (χ2v) is 4.45. The lowest BCUT2D eigenvalue weighted by Gasteiger charge is -2.12. The van der Waals surface area contributed by atoms with Gasteiger partial charge in [0.15, 0.2) is 4.67 Å². The number of aliphatic hydroxyl groups is 1. The van der Waals surface area contributed by atoms with Crippen LogP contribution in [0.1, 0.15) is 17.4 Å². The third-order valence-corrected chi connectivity index (χ3v) is 2.70. The van der Waals surface area contributed by atoms with Crippen LogP contribution in [0.25, 0.3) is 0 Å². The first-order chi connectivity index (χ1) is 8.85. The van der Waals surface area contributed by atoms with Crippen molar-refractivity contribution in [2.75, 3.05) is 0 Å². The molecule has 1 atom stereocenters. The van der Waals surface area contributed by atoms with Gasteiger partial charge in [-0.05, 0) is 45.8 Å². The number of alkyl halides is 3. The molecule has 7 heteroatoms. The summed E-state index contributed by atoms with van der Waals surface area (Å²) in [5, 5.41) is 9.98. The Labute approximate surface area is 114 Å². The monoisotopic (exact) mass is 336 g/mol. The van der Waals surface area contributed by atoms with Crippen LogP contribution in [-0.2, 0) is 0 Å². The topological polar surface area (TPSA) is 42.6 Å². The van der Waals surface area contributed by atoms with Gasteiger partial charge in [0, 0.05) is 0 Å². The molecule has 2 aromatic rings. The molecule has 0 aliphatic heterocycles. The van der Waals surface area contributed by atoms with Crippen molar-refractivity contribution in [2.24, 2.45) is 0 Å². The molecule has 2 rings (SSSR count). The van der Waals surface area contributed by atoms with Crippen molar-refractivity contribution in [2.45, 2.75) is 12.5 Å². The largest absolute Gasteiger partial charge is 0.573 e. The summed E-state index contributed by atoms with van der Waals surface area (Å²) in [5.74, 6) is -0.175. The van der Waals surface area contributed by atoms with Gasteiger partial charge in [-0.25, -0.2) is 0 Å². The molecule has 0 amide bonds. The van der Waals surface area contributed by atoms with Gasteiger partial charge in [0.05, 0.1) is 0 Å². The highest BCUT2D eigenvalue weighted by molar-refractivity contribution is 9.10. The molecule has 0 aliphatic carbocycles. The van der Waals surface area contributed by atoms with E-state index < -0.39 is 18.2 Å². The SMILES string of the molecule is OC(c1cccc(OC(F)(F)F)c1)c1ccc(Br)o1. The summed E-state index contributed by atoms with van der Waals surface area (Å²) in [7, 11) is 0. The average molecular weight is 337 g/mol. The Kier molecular flexibility index (Phi) is 3.86. The summed E-state index contributed by atoms with van der Waals surface area (Å²) < 4.78 is 45.6. The summed E-state index contributed by atoms with van der Waals surface area (Å²) in [4.78, 5) is 0. The Bertz CT molecular complexity index is 565. The molecule has 0 saturated heterocycles. The van der Waals surface area contributed by atoms with Gasteiger partial charge < -0.3 is 14.3 Å². The van der Waals surface area contributed by atoms with E-state index in [4.69, 9.17) is 4.42 Å². The van der Waals surface area contributed by atoms with E-state index in [0.717, 1.165) is 12.1 Å². The number of rotatable bonds is 3. The van der Waals surface area contributed by atoms with Crippen molar-refractivity contribution >= 4 is 15.9 Å². The molecule has 0 bridgehead atoms. The smallest absolute Gasteiger partial charge is 0.451 e. The van der Waals surface area contributed by atoms with Crippen LogP contribution in [0.5, 0.6) is 5.75 Å². The molecule has 0 radical (unpaired) electrons. The maximum absolute atomic E-state index is 12.1. The molecule has 0 aliphatic rings. The van der Waals surface area contributed by atoms with Crippen LogP contribution >= 0.6 is 15.9 Å². The minimum atomic E-state index is -4.77. The first kappa shape index (κ1) is 14.0. The molecular formula is C12H8BrF3O3. The Morgan fingerprint density at radius 2 is 1.95 bits per heavy atom. The Morgan fingerprint density at radius 3 is 2.53 bits per heavy atom. The quantitative estimate of drug-likeness (QED) is 0.920. The molecule has 1 aromatic carbocycles. The fourth-order valence-electron chi connectivity index (χ4n) is 1.52. The van der Waals surface area contributed by atoms with Crippen LogP contribution < -0.4 is 4.74 Å². The third-order valence-electron chi connectivity index (χ3n) is 2.27. The molecule has 3 nitrogen and oxygen atoms in total. The maximum atomic E-state index is 12.1. The van der Waals surface area contributed by atoms with Gasteiger partial charge in [-0.1, -0.05) is 12.1 Å². The highest BCUT2D eigenvalue weighted by atomic mass is 79.9. The van der Waals surface area contributed by atoms with E-state index in [1.54, 1.807) is 6.07 Å². The van der Waals surface area contributed by atoms with Gasteiger partial charge in [-0.3, -0.25) is 0 Å². The van der Waals surface area contributed by atoms with E-state index in [-0.39, 0.29) is 11.3 Å². The normalized spacial score (nSPS) is 13.3. The van der Waals surface area contributed by atoms with Crippen LogP contribution in [0.15, 0.2) is 45.5 Å². The number of ether oxygens (including phenoxy) is 1. The predicted octanol–water partition coefficient (Wildman–Crippen LogP) is 4.02. The lowest BCUT2D eigenvalue weighted by Crippen LogP contribution is -2.17. The number of halogens is 4. The van der Waals surface area contributed by atoms with E-state index in [1.807, 2.05) is 0 Å². The minimum Gasteiger partial charge on any atom is -0.451 e.